The Bertz CT molecular complexity index is 193. The summed E-state index contributed by atoms with van der Waals surface area (Å²) in [5.74, 6) is 0.436. The molecule has 0 aliphatic rings. The zero-order valence-electron chi connectivity index (χ0n) is 12.5. The summed E-state index contributed by atoms with van der Waals surface area (Å²) in [6.07, 6.45) is 7.24. The predicted molar refractivity (Wildman–Crippen MR) is 76.9 cm³/mol. The summed E-state index contributed by atoms with van der Waals surface area (Å²) in [5.41, 5.74) is 0. The van der Waals surface area contributed by atoms with E-state index >= 15 is 0 Å². The van der Waals surface area contributed by atoms with E-state index < -0.39 is 0 Å². The molecular weight excluding hydrogens is 226 g/mol. The summed E-state index contributed by atoms with van der Waals surface area (Å²) < 4.78 is 5.55. The largest absolute Gasteiger partial charge is 0.381 e. The molecule has 0 aromatic carbocycles. The molecule has 0 aliphatic heterocycles. The van der Waals surface area contributed by atoms with Crippen molar-refractivity contribution in [2.24, 2.45) is 5.92 Å². The van der Waals surface area contributed by atoms with Crippen LogP contribution in [0.2, 0.25) is 0 Å². The molecule has 0 fully saturated rings. The van der Waals surface area contributed by atoms with Gasteiger partial charge in [-0.15, -0.1) is 0 Å². The molecule has 0 aromatic rings. The molecule has 0 spiro atoms. The van der Waals surface area contributed by atoms with E-state index in [1.165, 1.54) is 25.7 Å². The second-order valence-corrected chi connectivity index (χ2v) is 5.18. The number of nitrogens with one attached hydrogen (secondary N) is 1. The molecular formula is C15H31NO2. The van der Waals surface area contributed by atoms with Crippen LogP contribution >= 0.6 is 0 Å². The topological polar surface area (TPSA) is 38.3 Å². The number of carbonyl (C=O) groups excluding carboxylic acids is 1. The number of hydrogen-bond acceptors (Lipinski definition) is 3. The lowest BCUT2D eigenvalue weighted by atomic mass is 10.1. The molecule has 0 aromatic heterocycles. The maximum absolute atomic E-state index is 11.3. The molecule has 0 amide bonds. The molecule has 0 saturated heterocycles. The molecule has 3 heteroatoms. The van der Waals surface area contributed by atoms with Crippen molar-refractivity contribution in [3.8, 4) is 0 Å². The summed E-state index contributed by atoms with van der Waals surface area (Å²) in [5, 5.41) is 3.18. The monoisotopic (exact) mass is 257 g/mol. The van der Waals surface area contributed by atoms with Gasteiger partial charge in [-0.2, -0.15) is 0 Å². The lowest BCUT2D eigenvalue weighted by molar-refractivity contribution is -0.121. The third-order valence-corrected chi connectivity index (χ3v) is 2.98. The molecule has 0 heterocycles. The fourth-order valence-corrected chi connectivity index (χ4v) is 1.60. The summed E-state index contributed by atoms with van der Waals surface area (Å²) in [6, 6.07) is 0. The molecule has 0 aliphatic carbocycles. The van der Waals surface area contributed by atoms with Crippen LogP contribution in [0, 0.1) is 5.92 Å². The van der Waals surface area contributed by atoms with E-state index in [-0.39, 0.29) is 5.92 Å². The van der Waals surface area contributed by atoms with Gasteiger partial charge in [0.15, 0.2) is 0 Å². The molecule has 3 nitrogen and oxygen atoms in total. The number of carbonyl (C=O) groups is 1. The van der Waals surface area contributed by atoms with Crippen LogP contribution in [0.4, 0.5) is 0 Å². The maximum atomic E-state index is 11.3. The first kappa shape index (κ1) is 17.6. The van der Waals surface area contributed by atoms with Crippen molar-refractivity contribution in [3.05, 3.63) is 0 Å². The van der Waals surface area contributed by atoms with Crippen LogP contribution < -0.4 is 5.32 Å². The zero-order chi connectivity index (χ0) is 13.6. The Morgan fingerprint density at radius 3 is 2.33 bits per heavy atom. The van der Waals surface area contributed by atoms with Crippen LogP contribution in [0.25, 0.3) is 0 Å². The van der Waals surface area contributed by atoms with Gasteiger partial charge in [0.1, 0.15) is 5.78 Å². The second-order valence-electron chi connectivity index (χ2n) is 5.18. The average molecular weight is 257 g/mol. The number of ketones is 1. The van der Waals surface area contributed by atoms with Crippen molar-refractivity contribution in [1.29, 1.82) is 0 Å². The minimum absolute atomic E-state index is 0.143. The van der Waals surface area contributed by atoms with Crippen LogP contribution in [0.5, 0.6) is 0 Å². The molecule has 0 saturated carbocycles. The van der Waals surface area contributed by atoms with Gasteiger partial charge in [-0.1, -0.05) is 40.0 Å². The van der Waals surface area contributed by atoms with Crippen molar-refractivity contribution >= 4 is 5.78 Å². The van der Waals surface area contributed by atoms with Gasteiger partial charge in [-0.3, -0.25) is 4.79 Å². The highest BCUT2D eigenvalue weighted by Gasteiger charge is 2.05. The van der Waals surface area contributed by atoms with E-state index in [0.29, 0.717) is 12.3 Å². The normalized spacial score (nSPS) is 11.1. The molecule has 0 radical (unpaired) electrons. The summed E-state index contributed by atoms with van der Waals surface area (Å²) >= 11 is 0. The van der Waals surface area contributed by atoms with Crippen molar-refractivity contribution in [3.63, 3.8) is 0 Å². The Morgan fingerprint density at radius 1 is 1.06 bits per heavy atom. The fraction of sp³-hybridized carbons (Fsp3) is 0.933. The molecule has 0 rings (SSSR count). The van der Waals surface area contributed by atoms with Gasteiger partial charge in [0, 0.05) is 19.1 Å². The first-order valence-electron chi connectivity index (χ1n) is 7.49. The average Bonchev–Trinajstić information content (AvgIpc) is 2.35. The van der Waals surface area contributed by atoms with Crippen LogP contribution in [0.15, 0.2) is 0 Å². The first-order chi connectivity index (χ1) is 8.68. The van der Waals surface area contributed by atoms with E-state index in [0.717, 1.165) is 32.6 Å². The maximum Gasteiger partial charge on any atom is 0.149 e. The van der Waals surface area contributed by atoms with E-state index in [1.54, 1.807) is 0 Å². The van der Waals surface area contributed by atoms with Gasteiger partial charge in [0.2, 0.25) is 0 Å². The zero-order valence-corrected chi connectivity index (χ0v) is 12.5. The quantitative estimate of drug-likeness (QED) is 0.515. The van der Waals surface area contributed by atoms with Gasteiger partial charge >= 0.3 is 0 Å². The Kier molecular flexibility index (Phi) is 12.7. The molecule has 18 heavy (non-hydrogen) atoms. The van der Waals surface area contributed by atoms with Crippen LogP contribution in [0.1, 0.15) is 59.3 Å². The Morgan fingerprint density at radius 2 is 1.72 bits per heavy atom. The number of rotatable bonds is 13. The predicted octanol–water partition coefficient (Wildman–Crippen LogP) is 3.18. The summed E-state index contributed by atoms with van der Waals surface area (Å²) in [7, 11) is 0. The van der Waals surface area contributed by atoms with E-state index in [2.05, 4.69) is 12.2 Å². The number of unbranched alkanes of at least 4 members (excludes halogenated alkanes) is 4. The van der Waals surface area contributed by atoms with Crippen molar-refractivity contribution < 1.29 is 9.53 Å². The molecule has 0 atom stereocenters. The minimum atomic E-state index is 0.143. The SMILES string of the molecule is CCCCCCOCCCCNCC(=O)C(C)C. The Hall–Kier alpha value is -0.410. The van der Waals surface area contributed by atoms with E-state index in [9.17, 15) is 4.79 Å². The van der Waals surface area contributed by atoms with Crippen molar-refractivity contribution in [1.82, 2.24) is 5.32 Å². The first-order valence-corrected chi connectivity index (χ1v) is 7.49. The Balaban J connectivity index is 3.05. The van der Waals surface area contributed by atoms with Crippen LogP contribution in [-0.4, -0.2) is 32.1 Å². The lowest BCUT2D eigenvalue weighted by Crippen LogP contribution is -2.27. The Labute approximate surface area is 113 Å². The highest BCUT2D eigenvalue weighted by atomic mass is 16.5. The minimum Gasteiger partial charge on any atom is -0.381 e. The smallest absolute Gasteiger partial charge is 0.149 e. The van der Waals surface area contributed by atoms with Gasteiger partial charge in [0.25, 0.3) is 0 Å². The van der Waals surface area contributed by atoms with Crippen molar-refractivity contribution in [2.45, 2.75) is 59.3 Å². The van der Waals surface area contributed by atoms with Gasteiger partial charge in [0.05, 0.1) is 6.54 Å². The van der Waals surface area contributed by atoms with E-state index in [1.807, 2.05) is 13.8 Å². The number of hydrogen-bond donors (Lipinski definition) is 1. The fourth-order valence-electron chi connectivity index (χ4n) is 1.60. The molecule has 108 valence electrons. The molecule has 0 unspecified atom stereocenters. The molecule has 0 bridgehead atoms. The summed E-state index contributed by atoms with van der Waals surface area (Å²) in [6.45, 7) is 9.28. The third kappa shape index (κ3) is 12.1. The number of Topliss-reactive ketones (excluding diaryl/α,β-unsaturated/α-hetero) is 1. The second kappa shape index (κ2) is 13.0. The van der Waals surface area contributed by atoms with E-state index in [4.69, 9.17) is 4.74 Å². The highest BCUT2D eigenvalue weighted by molar-refractivity contribution is 5.82. The standard InChI is InChI=1S/C15H31NO2/c1-4-5-6-8-11-18-12-9-7-10-16-13-15(17)14(2)3/h14,16H,4-13H2,1-3H3. The molecule has 1 N–H and O–H groups in total. The van der Waals surface area contributed by atoms with Crippen LogP contribution in [-0.2, 0) is 9.53 Å². The van der Waals surface area contributed by atoms with Crippen molar-refractivity contribution in [2.75, 3.05) is 26.3 Å². The number of ether oxygens (including phenoxy) is 1. The lowest BCUT2D eigenvalue weighted by Gasteiger charge is -2.07. The third-order valence-electron chi connectivity index (χ3n) is 2.98. The highest BCUT2D eigenvalue weighted by Crippen LogP contribution is 1.99. The van der Waals surface area contributed by atoms with Gasteiger partial charge < -0.3 is 10.1 Å². The van der Waals surface area contributed by atoms with Crippen LogP contribution in [0.3, 0.4) is 0 Å². The summed E-state index contributed by atoms with van der Waals surface area (Å²) in [4.78, 5) is 11.3. The van der Waals surface area contributed by atoms with Gasteiger partial charge in [-0.05, 0) is 25.8 Å². The van der Waals surface area contributed by atoms with Gasteiger partial charge in [-0.25, -0.2) is 0 Å².